The Kier molecular flexibility index (Phi) is 4.46. The second-order valence-electron chi connectivity index (χ2n) is 6.17. The predicted octanol–water partition coefficient (Wildman–Crippen LogP) is 1.11. The number of ether oxygens (including phenoxy) is 2. The number of carbonyl (C=O) groups excluding carboxylic acids is 1. The van der Waals surface area contributed by atoms with Gasteiger partial charge in [0.1, 0.15) is 10.6 Å². The maximum atomic E-state index is 13.2. The molecule has 0 radical (unpaired) electrons. The van der Waals surface area contributed by atoms with Crippen molar-refractivity contribution in [3.05, 3.63) is 23.8 Å². The smallest absolute Gasteiger partial charge is 0.337 e. The minimum absolute atomic E-state index is 0.0863. The van der Waals surface area contributed by atoms with Gasteiger partial charge >= 0.3 is 11.9 Å². The fourth-order valence-electron chi connectivity index (χ4n) is 3.82. The third-order valence-electron chi connectivity index (χ3n) is 4.93. The second-order valence-corrected chi connectivity index (χ2v) is 7.98. The summed E-state index contributed by atoms with van der Waals surface area (Å²) in [7, 11) is -1.47. The molecule has 3 unspecified atom stereocenters. The quantitative estimate of drug-likeness (QED) is 0.774. The number of rotatable bonds is 5. The van der Waals surface area contributed by atoms with Crippen LogP contribution in [0.15, 0.2) is 23.1 Å². The molecule has 1 aromatic carbocycles. The van der Waals surface area contributed by atoms with Crippen molar-refractivity contribution in [2.45, 2.75) is 36.2 Å². The maximum Gasteiger partial charge on any atom is 0.337 e. The van der Waals surface area contributed by atoms with Crippen LogP contribution in [-0.4, -0.2) is 56.1 Å². The van der Waals surface area contributed by atoms with Crippen LogP contribution in [0.25, 0.3) is 0 Å². The number of hydrogen-bond donors (Lipinski definition) is 1. The molecule has 3 atom stereocenters. The van der Waals surface area contributed by atoms with E-state index in [1.54, 1.807) is 0 Å². The molecule has 0 aliphatic carbocycles. The zero-order chi connectivity index (χ0) is 18.4. The van der Waals surface area contributed by atoms with Gasteiger partial charge in [0, 0.05) is 12.1 Å². The topological polar surface area (TPSA) is 110 Å². The number of benzene rings is 1. The number of carbonyl (C=O) groups is 2. The molecule has 0 amide bonds. The Hall–Kier alpha value is -2.13. The zero-order valence-electron chi connectivity index (χ0n) is 13.8. The molecule has 2 fully saturated rings. The highest BCUT2D eigenvalue weighted by molar-refractivity contribution is 7.89. The molecule has 136 valence electrons. The highest BCUT2D eigenvalue weighted by Gasteiger charge is 2.54. The lowest BCUT2D eigenvalue weighted by Gasteiger charge is -2.23. The van der Waals surface area contributed by atoms with Gasteiger partial charge < -0.3 is 14.6 Å². The van der Waals surface area contributed by atoms with E-state index in [0.717, 1.165) is 0 Å². The first kappa shape index (κ1) is 17.7. The first-order valence-electron chi connectivity index (χ1n) is 7.84. The summed E-state index contributed by atoms with van der Waals surface area (Å²) in [5.74, 6) is -2.25. The van der Waals surface area contributed by atoms with Crippen LogP contribution in [0.3, 0.4) is 0 Å². The second kappa shape index (κ2) is 6.30. The number of esters is 1. The number of fused-ring (bicyclic) bond motifs is 2. The molecule has 2 aliphatic heterocycles. The zero-order valence-corrected chi connectivity index (χ0v) is 14.7. The molecule has 25 heavy (non-hydrogen) atoms. The van der Waals surface area contributed by atoms with E-state index in [1.807, 2.05) is 0 Å². The summed E-state index contributed by atoms with van der Waals surface area (Å²) in [6, 6.07) is 3.11. The van der Waals surface area contributed by atoms with Gasteiger partial charge in [-0.05, 0) is 37.5 Å². The lowest BCUT2D eigenvalue weighted by atomic mass is 9.89. The molecule has 2 aliphatic rings. The van der Waals surface area contributed by atoms with Crippen molar-refractivity contribution in [3.63, 3.8) is 0 Å². The van der Waals surface area contributed by atoms with Gasteiger partial charge in [-0.3, -0.25) is 4.79 Å². The Morgan fingerprint density at radius 3 is 2.52 bits per heavy atom. The number of sulfonamides is 1. The molecule has 0 spiro atoms. The molecular weight excluding hydrogens is 350 g/mol. The molecule has 2 bridgehead atoms. The summed E-state index contributed by atoms with van der Waals surface area (Å²) in [6.45, 7) is 0. The van der Waals surface area contributed by atoms with Crippen LogP contribution in [0.2, 0.25) is 0 Å². The number of nitrogens with zero attached hydrogens (tertiary/aromatic N) is 1. The first-order chi connectivity index (χ1) is 11.8. The third kappa shape index (κ3) is 2.77. The van der Waals surface area contributed by atoms with Crippen LogP contribution in [0.4, 0.5) is 0 Å². The fraction of sp³-hybridized carbons (Fsp3) is 0.500. The average molecular weight is 369 g/mol. The van der Waals surface area contributed by atoms with Crippen LogP contribution >= 0.6 is 0 Å². The van der Waals surface area contributed by atoms with E-state index >= 15 is 0 Å². The molecule has 8 nitrogen and oxygen atoms in total. The normalized spacial score (nSPS) is 25.8. The van der Waals surface area contributed by atoms with Crippen molar-refractivity contribution in [3.8, 4) is 5.75 Å². The molecule has 3 rings (SSSR count). The standard InChI is InChI=1S/C16H19NO7S/c1-23-13-6-3-9(16(20)24-2)7-14(13)25(21,22)17-10-4-5-12(17)11(8-10)15(18)19/h3,6-7,10-12H,4-5,8H2,1-2H3,(H,18,19). The van der Waals surface area contributed by atoms with Crippen LogP contribution in [0, 0.1) is 5.92 Å². The minimum atomic E-state index is -4.01. The maximum absolute atomic E-state index is 13.2. The predicted molar refractivity (Wildman–Crippen MR) is 85.9 cm³/mol. The largest absolute Gasteiger partial charge is 0.495 e. The Morgan fingerprint density at radius 2 is 1.96 bits per heavy atom. The Morgan fingerprint density at radius 1 is 1.24 bits per heavy atom. The Balaban J connectivity index is 2.06. The summed E-state index contributed by atoms with van der Waals surface area (Å²) in [4.78, 5) is 23.0. The average Bonchev–Trinajstić information content (AvgIpc) is 3.19. The lowest BCUT2D eigenvalue weighted by Crippen LogP contribution is -2.38. The Labute approximate surface area is 145 Å². The summed E-state index contributed by atoms with van der Waals surface area (Å²) in [5.41, 5.74) is 0.0863. The highest BCUT2D eigenvalue weighted by atomic mass is 32.2. The van der Waals surface area contributed by atoms with Crippen molar-refractivity contribution >= 4 is 22.0 Å². The van der Waals surface area contributed by atoms with Crippen LogP contribution in [-0.2, 0) is 19.6 Å². The molecule has 1 aromatic rings. The molecule has 2 saturated heterocycles. The minimum Gasteiger partial charge on any atom is -0.495 e. The van der Waals surface area contributed by atoms with Gasteiger partial charge in [0.05, 0.1) is 25.7 Å². The van der Waals surface area contributed by atoms with E-state index in [4.69, 9.17) is 4.74 Å². The van der Waals surface area contributed by atoms with Crippen LogP contribution in [0.1, 0.15) is 29.6 Å². The SMILES string of the molecule is COC(=O)c1ccc(OC)c(S(=O)(=O)N2C3CCC2C(C(=O)O)C3)c1. The summed E-state index contributed by atoms with van der Waals surface area (Å²) >= 11 is 0. The van der Waals surface area contributed by atoms with Gasteiger partial charge in [-0.15, -0.1) is 0 Å². The molecule has 9 heteroatoms. The van der Waals surface area contributed by atoms with Crippen molar-refractivity contribution < 1.29 is 32.6 Å². The van der Waals surface area contributed by atoms with Gasteiger partial charge in [0.2, 0.25) is 10.0 Å². The van der Waals surface area contributed by atoms with Gasteiger partial charge in [-0.1, -0.05) is 0 Å². The van der Waals surface area contributed by atoms with Gasteiger partial charge in [0.25, 0.3) is 0 Å². The lowest BCUT2D eigenvalue weighted by molar-refractivity contribution is -0.142. The fourth-order valence-corrected chi connectivity index (χ4v) is 5.92. The van der Waals surface area contributed by atoms with Gasteiger partial charge in [-0.2, -0.15) is 4.31 Å². The van der Waals surface area contributed by atoms with E-state index in [2.05, 4.69) is 4.74 Å². The molecule has 2 heterocycles. The van der Waals surface area contributed by atoms with Crippen molar-refractivity contribution in [2.75, 3.05) is 14.2 Å². The Bertz CT molecular complexity index is 820. The molecule has 0 saturated carbocycles. The van der Waals surface area contributed by atoms with E-state index in [1.165, 1.54) is 36.7 Å². The number of aliphatic carboxylic acids is 1. The molecule has 0 aromatic heterocycles. The van der Waals surface area contributed by atoms with E-state index in [0.29, 0.717) is 19.3 Å². The van der Waals surface area contributed by atoms with Crippen molar-refractivity contribution in [1.29, 1.82) is 0 Å². The number of carboxylic acid groups (broad SMARTS) is 1. The van der Waals surface area contributed by atoms with Crippen molar-refractivity contribution in [2.24, 2.45) is 5.92 Å². The monoisotopic (exact) mass is 369 g/mol. The van der Waals surface area contributed by atoms with Gasteiger partial charge in [0.15, 0.2) is 0 Å². The summed E-state index contributed by atoms with van der Waals surface area (Å²) in [6.07, 6.45) is 1.45. The molecule has 1 N–H and O–H groups in total. The number of carboxylic acids is 1. The highest BCUT2D eigenvalue weighted by Crippen LogP contribution is 2.46. The van der Waals surface area contributed by atoms with E-state index in [-0.39, 0.29) is 22.3 Å². The molecular formula is C16H19NO7S. The summed E-state index contributed by atoms with van der Waals surface area (Å²) in [5, 5.41) is 9.33. The van der Waals surface area contributed by atoms with Crippen molar-refractivity contribution in [1.82, 2.24) is 4.31 Å². The van der Waals surface area contributed by atoms with Crippen LogP contribution < -0.4 is 4.74 Å². The van der Waals surface area contributed by atoms with Crippen LogP contribution in [0.5, 0.6) is 5.75 Å². The van der Waals surface area contributed by atoms with E-state index in [9.17, 15) is 23.1 Å². The first-order valence-corrected chi connectivity index (χ1v) is 9.28. The number of hydrogen-bond acceptors (Lipinski definition) is 6. The summed E-state index contributed by atoms with van der Waals surface area (Å²) < 4.78 is 37.5. The third-order valence-corrected chi connectivity index (χ3v) is 6.93. The van der Waals surface area contributed by atoms with Gasteiger partial charge in [-0.25, -0.2) is 13.2 Å². The number of methoxy groups -OCH3 is 2. The van der Waals surface area contributed by atoms with E-state index < -0.39 is 33.9 Å².